The first kappa shape index (κ1) is 22.9. The summed E-state index contributed by atoms with van der Waals surface area (Å²) in [4.78, 5) is 23.6. The summed E-state index contributed by atoms with van der Waals surface area (Å²) in [6.07, 6.45) is -1.01. The van der Waals surface area contributed by atoms with Crippen molar-refractivity contribution in [1.82, 2.24) is 5.32 Å². The first-order valence-corrected chi connectivity index (χ1v) is 10.2. The van der Waals surface area contributed by atoms with Crippen LogP contribution in [0.3, 0.4) is 0 Å². The lowest BCUT2D eigenvalue weighted by molar-refractivity contribution is -0.139. The minimum atomic E-state index is -1.27. The molecule has 174 valence electrons. The predicted octanol–water partition coefficient (Wildman–Crippen LogP) is 5.44. The first-order chi connectivity index (χ1) is 16.3. The van der Waals surface area contributed by atoms with Gasteiger partial charge in [0.25, 0.3) is 0 Å². The molecule has 4 aromatic rings. The van der Waals surface area contributed by atoms with E-state index in [1.807, 2.05) is 0 Å². The number of benzene rings is 3. The third kappa shape index (κ3) is 5.37. The highest BCUT2D eigenvalue weighted by atomic mass is 19.2. The van der Waals surface area contributed by atoms with Gasteiger partial charge in [-0.3, -0.25) is 0 Å². The van der Waals surface area contributed by atoms with Crippen molar-refractivity contribution in [3.8, 4) is 11.1 Å². The number of hydrogen-bond donors (Lipinski definition) is 2. The average molecular weight is 469 g/mol. The van der Waals surface area contributed by atoms with E-state index in [9.17, 15) is 27.9 Å². The van der Waals surface area contributed by atoms with E-state index >= 15 is 0 Å². The Labute approximate surface area is 191 Å². The van der Waals surface area contributed by atoms with Gasteiger partial charge in [0, 0.05) is 11.8 Å². The molecule has 3 aromatic carbocycles. The van der Waals surface area contributed by atoms with Crippen molar-refractivity contribution in [2.75, 3.05) is 0 Å². The number of rotatable bonds is 7. The lowest BCUT2D eigenvalue weighted by Gasteiger charge is -2.14. The number of hydrogen-bond acceptors (Lipinski definition) is 4. The number of furan rings is 1. The van der Waals surface area contributed by atoms with Gasteiger partial charge in [0.15, 0.2) is 18.2 Å². The average Bonchev–Trinajstić information content (AvgIpc) is 3.22. The minimum Gasteiger partial charge on any atom is -0.480 e. The second kappa shape index (κ2) is 9.70. The van der Waals surface area contributed by atoms with Crippen molar-refractivity contribution in [1.29, 1.82) is 0 Å². The highest BCUT2D eigenvalue weighted by Crippen LogP contribution is 2.28. The number of carbonyl (C=O) groups is 2. The van der Waals surface area contributed by atoms with Gasteiger partial charge in [0.1, 0.15) is 23.2 Å². The Bertz CT molecular complexity index is 1350. The number of nitrogens with one attached hydrogen (secondary N) is 1. The van der Waals surface area contributed by atoms with Crippen LogP contribution in [0.15, 0.2) is 71.1 Å². The van der Waals surface area contributed by atoms with Crippen LogP contribution in [0.1, 0.15) is 11.3 Å². The number of halogens is 3. The standard InChI is InChI=1S/C25H18F3NO5/c26-18-5-1-14(2-6-18)9-22(24(30)31)29-25(32)33-13-19-11-17-10-15(4-8-23(17)34-19)16-3-7-20(27)21(28)12-16/h1-8,10-12,22H,9,13H2,(H,29,32)(H,30,31). The lowest BCUT2D eigenvalue weighted by atomic mass is 10.0. The molecule has 0 fully saturated rings. The van der Waals surface area contributed by atoms with E-state index < -0.39 is 35.6 Å². The van der Waals surface area contributed by atoms with Crippen LogP contribution in [0.2, 0.25) is 0 Å². The molecule has 0 aliphatic rings. The zero-order valence-corrected chi connectivity index (χ0v) is 17.6. The van der Waals surface area contributed by atoms with Gasteiger partial charge in [-0.05, 0) is 59.2 Å². The number of carbonyl (C=O) groups excluding carboxylic acids is 1. The van der Waals surface area contributed by atoms with E-state index in [4.69, 9.17) is 9.15 Å². The van der Waals surface area contributed by atoms with Crippen LogP contribution in [-0.4, -0.2) is 23.2 Å². The Morgan fingerprint density at radius 3 is 2.32 bits per heavy atom. The highest BCUT2D eigenvalue weighted by molar-refractivity contribution is 5.84. The SMILES string of the molecule is O=C(NC(Cc1ccc(F)cc1)C(=O)O)OCc1cc2cc(-c3ccc(F)c(F)c3)ccc2o1. The first-order valence-electron chi connectivity index (χ1n) is 10.2. The lowest BCUT2D eigenvalue weighted by Crippen LogP contribution is -2.42. The fourth-order valence-corrected chi connectivity index (χ4v) is 3.40. The summed E-state index contributed by atoms with van der Waals surface area (Å²) in [7, 11) is 0. The fourth-order valence-electron chi connectivity index (χ4n) is 3.40. The van der Waals surface area contributed by atoms with Crippen LogP contribution in [0, 0.1) is 17.5 Å². The van der Waals surface area contributed by atoms with Crippen molar-refractivity contribution in [2.45, 2.75) is 19.1 Å². The molecular weight excluding hydrogens is 451 g/mol. The van der Waals surface area contributed by atoms with Crippen molar-refractivity contribution >= 4 is 23.0 Å². The molecule has 2 N–H and O–H groups in total. The molecule has 1 heterocycles. The molecule has 0 aliphatic heterocycles. The molecule has 1 amide bonds. The fraction of sp³-hybridized carbons (Fsp3) is 0.120. The maximum absolute atomic E-state index is 13.5. The van der Waals surface area contributed by atoms with E-state index in [0.29, 0.717) is 33.4 Å². The van der Waals surface area contributed by atoms with Crippen LogP contribution in [0.4, 0.5) is 18.0 Å². The molecule has 1 atom stereocenters. The van der Waals surface area contributed by atoms with Gasteiger partial charge < -0.3 is 19.6 Å². The van der Waals surface area contributed by atoms with Crippen molar-refractivity contribution < 1.29 is 37.0 Å². The maximum Gasteiger partial charge on any atom is 0.408 e. The summed E-state index contributed by atoms with van der Waals surface area (Å²) in [6.45, 7) is -0.260. The van der Waals surface area contributed by atoms with Crippen molar-refractivity contribution in [2.24, 2.45) is 0 Å². The topological polar surface area (TPSA) is 88.8 Å². The molecule has 0 spiro atoms. The number of aliphatic carboxylic acids is 1. The molecule has 0 aliphatic carbocycles. The summed E-state index contributed by atoms with van der Waals surface area (Å²) in [5.41, 5.74) is 2.15. The van der Waals surface area contributed by atoms with Crippen LogP contribution >= 0.6 is 0 Å². The zero-order chi connectivity index (χ0) is 24.2. The summed E-state index contributed by atoms with van der Waals surface area (Å²) in [6, 6.07) is 14.3. The number of carboxylic acid groups (broad SMARTS) is 1. The van der Waals surface area contributed by atoms with E-state index in [-0.39, 0.29) is 13.0 Å². The Balaban J connectivity index is 1.40. The Morgan fingerprint density at radius 2 is 1.62 bits per heavy atom. The predicted molar refractivity (Wildman–Crippen MR) is 116 cm³/mol. The molecule has 0 saturated heterocycles. The Kier molecular flexibility index (Phi) is 6.53. The molecular formula is C25H18F3NO5. The summed E-state index contributed by atoms with van der Waals surface area (Å²) in [5.74, 6) is -3.31. The molecule has 0 bridgehead atoms. The summed E-state index contributed by atoms with van der Waals surface area (Å²) < 4.78 is 50.5. The third-order valence-corrected chi connectivity index (χ3v) is 5.11. The van der Waals surface area contributed by atoms with Crippen molar-refractivity contribution in [3.63, 3.8) is 0 Å². The Hall–Kier alpha value is -4.27. The minimum absolute atomic E-state index is 0.0535. The van der Waals surface area contributed by atoms with E-state index in [1.165, 1.54) is 30.3 Å². The number of carboxylic acids is 1. The van der Waals surface area contributed by atoms with Crippen LogP contribution < -0.4 is 5.32 Å². The Morgan fingerprint density at radius 1 is 0.912 bits per heavy atom. The maximum atomic E-state index is 13.5. The van der Waals surface area contributed by atoms with Crippen LogP contribution in [0.25, 0.3) is 22.1 Å². The quantitative estimate of drug-likeness (QED) is 0.376. The smallest absolute Gasteiger partial charge is 0.408 e. The second-order valence-electron chi connectivity index (χ2n) is 7.54. The van der Waals surface area contributed by atoms with Crippen molar-refractivity contribution in [3.05, 3.63) is 95.5 Å². The second-order valence-corrected chi connectivity index (χ2v) is 7.54. The summed E-state index contributed by atoms with van der Waals surface area (Å²) in [5, 5.41) is 12.3. The van der Waals surface area contributed by atoms with Gasteiger partial charge in [-0.25, -0.2) is 22.8 Å². The molecule has 1 aromatic heterocycles. The normalized spacial score (nSPS) is 11.9. The number of fused-ring (bicyclic) bond motifs is 1. The number of ether oxygens (including phenoxy) is 1. The van der Waals surface area contributed by atoms with E-state index in [2.05, 4.69) is 5.32 Å². The molecule has 9 heteroatoms. The van der Waals surface area contributed by atoms with Crippen LogP contribution in [0.5, 0.6) is 0 Å². The molecule has 1 unspecified atom stereocenters. The van der Waals surface area contributed by atoms with Crippen LogP contribution in [-0.2, 0) is 22.6 Å². The van der Waals surface area contributed by atoms with E-state index in [1.54, 1.807) is 24.3 Å². The number of alkyl carbamates (subject to hydrolysis) is 1. The largest absolute Gasteiger partial charge is 0.480 e. The summed E-state index contributed by atoms with van der Waals surface area (Å²) >= 11 is 0. The number of amides is 1. The van der Waals surface area contributed by atoms with Gasteiger partial charge in [-0.2, -0.15) is 0 Å². The van der Waals surface area contributed by atoms with E-state index in [0.717, 1.165) is 12.1 Å². The van der Waals surface area contributed by atoms with Gasteiger partial charge in [0.2, 0.25) is 0 Å². The van der Waals surface area contributed by atoms with Gasteiger partial charge in [0.05, 0.1) is 0 Å². The zero-order valence-electron chi connectivity index (χ0n) is 17.6. The molecule has 6 nitrogen and oxygen atoms in total. The molecule has 0 radical (unpaired) electrons. The highest BCUT2D eigenvalue weighted by Gasteiger charge is 2.21. The van der Waals surface area contributed by atoms with Gasteiger partial charge in [-0.1, -0.05) is 24.3 Å². The van der Waals surface area contributed by atoms with Gasteiger partial charge >= 0.3 is 12.1 Å². The molecule has 34 heavy (non-hydrogen) atoms. The monoisotopic (exact) mass is 469 g/mol. The molecule has 0 saturated carbocycles. The van der Waals surface area contributed by atoms with Gasteiger partial charge in [-0.15, -0.1) is 0 Å². The molecule has 4 rings (SSSR count). The third-order valence-electron chi connectivity index (χ3n) is 5.11.